The Bertz CT molecular complexity index is 826. The van der Waals surface area contributed by atoms with Crippen molar-refractivity contribution in [2.45, 2.75) is 25.2 Å². The van der Waals surface area contributed by atoms with Crippen LogP contribution >= 0.6 is 11.9 Å². The zero-order valence-corrected chi connectivity index (χ0v) is 13.8. The maximum Gasteiger partial charge on any atom is 0.329 e. The summed E-state index contributed by atoms with van der Waals surface area (Å²) in [5.74, 6) is 0.941. The van der Waals surface area contributed by atoms with Gasteiger partial charge in [0.2, 0.25) is 0 Å². The quantitative estimate of drug-likeness (QED) is 0.627. The summed E-state index contributed by atoms with van der Waals surface area (Å²) >= 11 is 1.29. The van der Waals surface area contributed by atoms with Crippen molar-refractivity contribution < 1.29 is 4.79 Å². The molecule has 1 heterocycles. The van der Waals surface area contributed by atoms with E-state index in [9.17, 15) is 4.79 Å². The third-order valence-corrected chi connectivity index (χ3v) is 4.20. The van der Waals surface area contributed by atoms with Crippen molar-refractivity contribution in [2.24, 2.45) is 0 Å². The molecule has 2 aromatic carbocycles. The van der Waals surface area contributed by atoms with Crippen LogP contribution < -0.4 is 10.0 Å². The van der Waals surface area contributed by atoms with E-state index in [1.165, 1.54) is 17.5 Å². The number of fused-ring (bicyclic) bond motifs is 1. The summed E-state index contributed by atoms with van der Waals surface area (Å²) in [5.41, 5.74) is 3.75. The van der Waals surface area contributed by atoms with Gasteiger partial charge in [-0.1, -0.05) is 24.6 Å². The van der Waals surface area contributed by atoms with E-state index in [1.54, 1.807) is 0 Å². The smallest absolute Gasteiger partial charge is 0.329 e. The minimum Gasteiger partial charge on any atom is -0.342 e. The van der Waals surface area contributed by atoms with E-state index in [1.807, 2.05) is 56.3 Å². The second kappa shape index (κ2) is 6.75. The van der Waals surface area contributed by atoms with Crippen molar-refractivity contribution in [3.8, 4) is 0 Å². The van der Waals surface area contributed by atoms with E-state index in [-0.39, 0.29) is 6.03 Å². The molecule has 0 aliphatic heterocycles. The molecule has 2 amide bonds. The highest BCUT2D eigenvalue weighted by Gasteiger charge is 2.06. The molecule has 3 aromatic rings. The Hall–Kier alpha value is -2.47. The fourth-order valence-corrected chi connectivity index (χ4v) is 2.71. The number of aryl methyl sites for hydroxylation is 2. The highest BCUT2D eigenvalue weighted by molar-refractivity contribution is 7.98. The molecule has 0 unspecified atom stereocenters. The first-order chi connectivity index (χ1) is 11.1. The number of hydrogen-bond acceptors (Lipinski definition) is 3. The van der Waals surface area contributed by atoms with Crippen LogP contribution in [0.15, 0.2) is 47.4 Å². The first kappa shape index (κ1) is 15.4. The Morgan fingerprint density at radius 2 is 2.00 bits per heavy atom. The van der Waals surface area contributed by atoms with Crippen LogP contribution in [0.4, 0.5) is 10.5 Å². The average Bonchev–Trinajstić information content (AvgIpc) is 2.97. The van der Waals surface area contributed by atoms with Gasteiger partial charge in [0.1, 0.15) is 5.82 Å². The zero-order valence-electron chi connectivity index (χ0n) is 13.0. The standard InChI is InChI=1S/C17H18N4OS/c1-3-16-19-14-9-6-12(10-15(14)20-16)18-17(22)21-23-13-7-4-11(2)5-8-13/h4-10H,3H2,1-2H3,(H,19,20)(H2,18,21,22). The molecule has 0 atom stereocenters. The Labute approximate surface area is 139 Å². The molecule has 0 spiro atoms. The second-order valence-corrected chi connectivity index (χ2v) is 6.12. The molecular weight excluding hydrogens is 308 g/mol. The number of carbonyl (C=O) groups is 1. The van der Waals surface area contributed by atoms with Gasteiger partial charge in [0.05, 0.1) is 11.0 Å². The van der Waals surface area contributed by atoms with Crippen LogP contribution in [0, 0.1) is 6.92 Å². The number of rotatable bonds is 4. The van der Waals surface area contributed by atoms with Crippen LogP contribution in [0.3, 0.4) is 0 Å². The number of nitrogens with one attached hydrogen (secondary N) is 3. The average molecular weight is 326 g/mol. The van der Waals surface area contributed by atoms with Crippen LogP contribution in [-0.2, 0) is 6.42 Å². The molecular formula is C17H18N4OS. The maximum absolute atomic E-state index is 12.0. The number of anilines is 1. The van der Waals surface area contributed by atoms with Crippen LogP contribution in [0.25, 0.3) is 11.0 Å². The van der Waals surface area contributed by atoms with Crippen LogP contribution in [-0.4, -0.2) is 16.0 Å². The summed E-state index contributed by atoms with van der Waals surface area (Å²) in [6.07, 6.45) is 0.852. The maximum atomic E-state index is 12.0. The van der Waals surface area contributed by atoms with E-state index in [2.05, 4.69) is 20.0 Å². The van der Waals surface area contributed by atoms with Gasteiger partial charge in [-0.05, 0) is 49.2 Å². The second-order valence-electron chi connectivity index (χ2n) is 5.24. The number of carbonyl (C=O) groups excluding carboxylic acids is 1. The van der Waals surface area contributed by atoms with Crippen LogP contribution in [0.5, 0.6) is 0 Å². The summed E-state index contributed by atoms with van der Waals surface area (Å²) < 4.78 is 2.77. The first-order valence-electron chi connectivity index (χ1n) is 7.43. The van der Waals surface area contributed by atoms with Gasteiger partial charge in [-0.3, -0.25) is 4.72 Å². The Morgan fingerprint density at radius 3 is 2.74 bits per heavy atom. The molecule has 0 bridgehead atoms. The molecule has 3 rings (SSSR count). The van der Waals surface area contributed by atoms with Gasteiger partial charge in [-0.15, -0.1) is 0 Å². The summed E-state index contributed by atoms with van der Waals surface area (Å²) in [6.45, 7) is 4.08. The van der Waals surface area contributed by atoms with E-state index in [0.29, 0.717) is 0 Å². The van der Waals surface area contributed by atoms with E-state index in [0.717, 1.165) is 33.9 Å². The van der Waals surface area contributed by atoms with Gasteiger partial charge in [0.25, 0.3) is 0 Å². The third-order valence-electron chi connectivity index (χ3n) is 3.41. The third kappa shape index (κ3) is 3.84. The van der Waals surface area contributed by atoms with Crippen molar-refractivity contribution in [3.63, 3.8) is 0 Å². The minimum absolute atomic E-state index is 0.259. The summed E-state index contributed by atoms with van der Waals surface area (Å²) in [4.78, 5) is 20.7. The van der Waals surface area contributed by atoms with Crippen molar-refractivity contribution >= 4 is 34.7 Å². The van der Waals surface area contributed by atoms with E-state index in [4.69, 9.17) is 0 Å². The zero-order chi connectivity index (χ0) is 16.2. The van der Waals surface area contributed by atoms with Crippen LogP contribution in [0.1, 0.15) is 18.3 Å². The normalized spacial score (nSPS) is 10.7. The van der Waals surface area contributed by atoms with Gasteiger partial charge in [-0.2, -0.15) is 0 Å². The highest BCUT2D eigenvalue weighted by atomic mass is 32.2. The highest BCUT2D eigenvalue weighted by Crippen LogP contribution is 2.18. The molecule has 23 heavy (non-hydrogen) atoms. The number of imidazole rings is 1. The Morgan fingerprint density at radius 1 is 1.22 bits per heavy atom. The molecule has 6 heteroatoms. The van der Waals surface area contributed by atoms with Gasteiger partial charge in [0.15, 0.2) is 0 Å². The van der Waals surface area contributed by atoms with Gasteiger partial charge in [0, 0.05) is 17.0 Å². The number of nitrogens with zero attached hydrogens (tertiary/aromatic N) is 1. The largest absolute Gasteiger partial charge is 0.342 e. The van der Waals surface area contributed by atoms with Crippen molar-refractivity contribution in [3.05, 3.63) is 53.9 Å². The number of amides is 2. The van der Waals surface area contributed by atoms with Crippen LogP contribution in [0.2, 0.25) is 0 Å². The fraction of sp³-hybridized carbons (Fsp3) is 0.176. The first-order valence-corrected chi connectivity index (χ1v) is 8.25. The number of aromatic amines is 1. The van der Waals surface area contributed by atoms with Gasteiger partial charge in [-0.25, -0.2) is 9.78 Å². The molecule has 5 nitrogen and oxygen atoms in total. The molecule has 118 valence electrons. The van der Waals surface area contributed by atoms with E-state index >= 15 is 0 Å². The monoisotopic (exact) mass is 326 g/mol. The lowest BCUT2D eigenvalue weighted by molar-refractivity contribution is 0.257. The molecule has 0 aliphatic rings. The molecule has 3 N–H and O–H groups in total. The van der Waals surface area contributed by atoms with Gasteiger partial charge < -0.3 is 10.3 Å². The minimum atomic E-state index is -0.259. The number of urea groups is 1. The number of H-pyrrole nitrogens is 1. The summed E-state index contributed by atoms with van der Waals surface area (Å²) in [6, 6.07) is 13.3. The molecule has 0 saturated carbocycles. The fourth-order valence-electron chi connectivity index (χ4n) is 2.18. The molecule has 1 aromatic heterocycles. The number of hydrogen-bond donors (Lipinski definition) is 3. The Kier molecular flexibility index (Phi) is 4.52. The topological polar surface area (TPSA) is 69.8 Å². The molecule has 0 saturated heterocycles. The van der Waals surface area contributed by atoms with Crippen molar-refractivity contribution in [2.75, 3.05) is 5.32 Å². The lowest BCUT2D eigenvalue weighted by Gasteiger charge is -2.07. The molecule has 0 radical (unpaired) electrons. The predicted octanol–water partition coefficient (Wildman–Crippen LogP) is 4.26. The number of benzene rings is 2. The van der Waals surface area contributed by atoms with Crippen molar-refractivity contribution in [1.82, 2.24) is 14.7 Å². The molecule has 0 aliphatic carbocycles. The van der Waals surface area contributed by atoms with Gasteiger partial charge >= 0.3 is 6.03 Å². The van der Waals surface area contributed by atoms with Crippen molar-refractivity contribution in [1.29, 1.82) is 0 Å². The molecule has 0 fully saturated rings. The predicted molar refractivity (Wildman–Crippen MR) is 94.7 cm³/mol. The lowest BCUT2D eigenvalue weighted by Crippen LogP contribution is -2.22. The lowest BCUT2D eigenvalue weighted by atomic mass is 10.2. The SMILES string of the molecule is CCc1nc2ccc(NC(=O)NSc3ccc(C)cc3)cc2[nH]1. The van der Waals surface area contributed by atoms with E-state index < -0.39 is 0 Å². The Balaban J connectivity index is 1.61. The number of aromatic nitrogens is 2. The summed E-state index contributed by atoms with van der Waals surface area (Å²) in [5, 5.41) is 2.82. The summed E-state index contributed by atoms with van der Waals surface area (Å²) in [7, 11) is 0.